The molecule has 0 N–H and O–H groups in total. The zero-order chi connectivity index (χ0) is 25.3. The number of anilines is 1. The highest BCUT2D eigenvalue weighted by atomic mass is 19.4. The van der Waals surface area contributed by atoms with Crippen molar-refractivity contribution in [1.82, 2.24) is 4.98 Å². The normalized spacial score (nSPS) is 16.0. The molecule has 2 heterocycles. The number of ketones is 1. The molecular formula is C28H27F3N2O2. The topological polar surface area (TPSA) is 42.4 Å². The molecule has 7 heteroatoms. The summed E-state index contributed by atoms with van der Waals surface area (Å²) in [6.07, 6.45) is -0.727. The number of allylic oxidation sites excluding steroid dienone is 2. The molecule has 0 spiro atoms. The lowest BCUT2D eigenvalue weighted by atomic mass is 9.94. The average molecular weight is 481 g/mol. The zero-order valence-corrected chi connectivity index (χ0v) is 20.1. The Bertz CT molecular complexity index is 1280. The maximum Gasteiger partial charge on any atom is 0.421 e. The quantitative estimate of drug-likeness (QED) is 0.376. The number of hydrogen-bond donors (Lipinski definition) is 0. The second-order valence-electron chi connectivity index (χ2n) is 8.90. The van der Waals surface area contributed by atoms with Crippen LogP contribution in [0.1, 0.15) is 52.9 Å². The second kappa shape index (κ2) is 9.56. The number of fused-ring (bicyclic) bond motifs is 1. The molecule has 182 valence electrons. The summed E-state index contributed by atoms with van der Waals surface area (Å²) in [5.74, 6) is -0.840. The van der Waals surface area contributed by atoms with Gasteiger partial charge in [-0.05, 0) is 62.6 Å². The average Bonchev–Trinajstić information content (AvgIpc) is 2.91. The summed E-state index contributed by atoms with van der Waals surface area (Å²) in [5.41, 5.74) is 3.71. The minimum atomic E-state index is -4.62. The Morgan fingerprint density at radius 2 is 1.71 bits per heavy atom. The fourth-order valence-corrected chi connectivity index (χ4v) is 4.20. The van der Waals surface area contributed by atoms with Crippen LogP contribution in [-0.2, 0) is 12.7 Å². The molecule has 0 saturated carbocycles. The van der Waals surface area contributed by atoms with Crippen molar-refractivity contribution in [3.63, 3.8) is 0 Å². The van der Waals surface area contributed by atoms with Crippen molar-refractivity contribution in [1.29, 1.82) is 0 Å². The number of rotatable bonds is 5. The summed E-state index contributed by atoms with van der Waals surface area (Å²) in [6, 6.07) is 14.0. The van der Waals surface area contributed by atoms with Gasteiger partial charge in [0.05, 0.1) is 5.69 Å². The number of pyridine rings is 1. The Kier molecular flexibility index (Phi) is 6.70. The van der Waals surface area contributed by atoms with E-state index in [0.717, 1.165) is 22.9 Å². The van der Waals surface area contributed by atoms with Crippen molar-refractivity contribution in [2.45, 2.75) is 46.8 Å². The van der Waals surface area contributed by atoms with Gasteiger partial charge in [0, 0.05) is 29.9 Å². The molecule has 1 unspecified atom stereocenters. The van der Waals surface area contributed by atoms with Crippen LogP contribution in [0.15, 0.2) is 66.5 Å². The van der Waals surface area contributed by atoms with Crippen LogP contribution in [0.25, 0.3) is 0 Å². The number of alkyl halides is 3. The van der Waals surface area contributed by atoms with Crippen molar-refractivity contribution < 1.29 is 22.7 Å². The SMILES string of the molecule is CCC1C=C(C)N(Cc2ccc(C)cc2)c2ccc(Oc3ncc(C)cc3C(F)(F)F)cc2C1=O. The summed E-state index contributed by atoms with van der Waals surface area (Å²) < 4.78 is 46.3. The van der Waals surface area contributed by atoms with Gasteiger partial charge in [-0.2, -0.15) is 13.2 Å². The lowest BCUT2D eigenvalue weighted by Crippen LogP contribution is -2.21. The molecule has 35 heavy (non-hydrogen) atoms. The number of aromatic nitrogens is 1. The van der Waals surface area contributed by atoms with Gasteiger partial charge in [0.1, 0.15) is 11.3 Å². The van der Waals surface area contributed by atoms with E-state index >= 15 is 0 Å². The number of halogens is 3. The molecule has 1 aliphatic heterocycles. The molecule has 3 aromatic rings. The van der Waals surface area contributed by atoms with Gasteiger partial charge in [0.15, 0.2) is 5.78 Å². The largest absolute Gasteiger partial charge is 0.438 e. The first-order valence-electron chi connectivity index (χ1n) is 11.5. The standard InChI is InChI=1S/C28H27F3N2O2/c1-5-21-13-19(4)33(16-20-8-6-17(2)7-9-20)25-11-10-22(14-23(25)26(21)34)35-27-24(28(29,30)31)12-18(3)15-32-27/h6-15,21H,5,16H2,1-4H3. The van der Waals surface area contributed by atoms with Crippen molar-refractivity contribution >= 4 is 11.5 Å². The third-order valence-corrected chi connectivity index (χ3v) is 6.14. The predicted molar refractivity (Wildman–Crippen MR) is 130 cm³/mol. The highest BCUT2D eigenvalue weighted by Crippen LogP contribution is 2.40. The molecule has 0 radical (unpaired) electrons. The highest BCUT2D eigenvalue weighted by molar-refractivity contribution is 6.05. The molecule has 1 aliphatic rings. The Balaban J connectivity index is 1.75. The van der Waals surface area contributed by atoms with Crippen LogP contribution in [0, 0.1) is 19.8 Å². The lowest BCUT2D eigenvalue weighted by molar-refractivity contribution is -0.138. The third-order valence-electron chi connectivity index (χ3n) is 6.14. The Labute approximate surface area is 203 Å². The summed E-state index contributed by atoms with van der Waals surface area (Å²) in [6.45, 7) is 8.02. The number of Topliss-reactive ketones (excluding diaryl/α,β-unsaturated/α-hetero) is 1. The van der Waals surface area contributed by atoms with E-state index in [4.69, 9.17) is 4.74 Å². The van der Waals surface area contributed by atoms with Crippen molar-refractivity contribution in [2.24, 2.45) is 5.92 Å². The van der Waals surface area contributed by atoms with Crippen molar-refractivity contribution in [2.75, 3.05) is 4.90 Å². The second-order valence-corrected chi connectivity index (χ2v) is 8.90. The molecular weight excluding hydrogens is 453 g/mol. The molecule has 4 nitrogen and oxygen atoms in total. The molecule has 1 atom stereocenters. The number of benzene rings is 2. The summed E-state index contributed by atoms with van der Waals surface area (Å²) in [4.78, 5) is 19.3. The first kappa shape index (κ1) is 24.5. The van der Waals surface area contributed by atoms with Gasteiger partial charge in [-0.3, -0.25) is 4.79 Å². The van der Waals surface area contributed by atoms with E-state index in [1.165, 1.54) is 19.2 Å². The monoisotopic (exact) mass is 480 g/mol. The van der Waals surface area contributed by atoms with E-state index in [1.54, 1.807) is 12.1 Å². The smallest absolute Gasteiger partial charge is 0.421 e. The Morgan fingerprint density at radius 1 is 1.00 bits per heavy atom. The number of aryl methyl sites for hydroxylation is 2. The first-order valence-corrected chi connectivity index (χ1v) is 11.5. The maximum absolute atomic E-state index is 13.6. The molecule has 0 aliphatic carbocycles. The fraction of sp³-hybridized carbons (Fsp3) is 0.286. The lowest BCUT2D eigenvalue weighted by Gasteiger charge is -2.26. The molecule has 0 saturated heterocycles. The molecule has 4 rings (SSSR count). The van der Waals surface area contributed by atoms with Crippen molar-refractivity contribution in [3.8, 4) is 11.6 Å². The van der Waals surface area contributed by atoms with E-state index in [1.807, 2.05) is 51.1 Å². The van der Waals surface area contributed by atoms with Gasteiger partial charge < -0.3 is 9.64 Å². The van der Waals surface area contributed by atoms with Crippen LogP contribution in [0.4, 0.5) is 18.9 Å². The van der Waals surface area contributed by atoms with Crippen LogP contribution < -0.4 is 9.64 Å². The number of carbonyl (C=O) groups excluding carboxylic acids is 1. The van der Waals surface area contributed by atoms with Crippen LogP contribution in [0.5, 0.6) is 11.6 Å². The number of carbonyl (C=O) groups is 1. The minimum absolute atomic E-state index is 0.0911. The van der Waals surface area contributed by atoms with E-state index in [0.29, 0.717) is 29.8 Å². The van der Waals surface area contributed by atoms with Gasteiger partial charge in [-0.25, -0.2) is 4.98 Å². The highest BCUT2D eigenvalue weighted by Gasteiger charge is 2.36. The number of nitrogens with zero attached hydrogens (tertiary/aromatic N) is 2. The summed E-state index contributed by atoms with van der Waals surface area (Å²) in [5, 5.41) is 0. The van der Waals surface area contributed by atoms with E-state index in [2.05, 4.69) is 9.88 Å². The summed E-state index contributed by atoms with van der Waals surface area (Å²) in [7, 11) is 0. The van der Waals surface area contributed by atoms with Crippen LogP contribution in [0.3, 0.4) is 0 Å². The van der Waals surface area contributed by atoms with E-state index in [-0.39, 0.29) is 17.5 Å². The van der Waals surface area contributed by atoms with Crippen molar-refractivity contribution in [3.05, 3.63) is 94.3 Å². The van der Waals surface area contributed by atoms with Crippen LogP contribution in [0.2, 0.25) is 0 Å². The zero-order valence-electron chi connectivity index (χ0n) is 20.1. The van der Waals surface area contributed by atoms with Crippen LogP contribution in [-0.4, -0.2) is 10.8 Å². The predicted octanol–water partition coefficient (Wildman–Crippen LogP) is 7.64. The molecule has 0 fully saturated rings. The number of ether oxygens (including phenoxy) is 1. The fourth-order valence-electron chi connectivity index (χ4n) is 4.20. The van der Waals surface area contributed by atoms with Gasteiger partial charge >= 0.3 is 6.18 Å². The van der Waals surface area contributed by atoms with Gasteiger partial charge in [0.2, 0.25) is 5.88 Å². The van der Waals surface area contributed by atoms with E-state index < -0.39 is 17.6 Å². The number of hydrogen-bond acceptors (Lipinski definition) is 4. The van der Waals surface area contributed by atoms with Gasteiger partial charge in [-0.15, -0.1) is 0 Å². The molecule has 0 amide bonds. The molecule has 2 aromatic carbocycles. The van der Waals surface area contributed by atoms with Gasteiger partial charge in [-0.1, -0.05) is 42.8 Å². The molecule has 0 bridgehead atoms. The summed E-state index contributed by atoms with van der Waals surface area (Å²) >= 11 is 0. The first-order chi connectivity index (χ1) is 16.6. The molecule has 1 aromatic heterocycles. The van der Waals surface area contributed by atoms with Gasteiger partial charge in [0.25, 0.3) is 0 Å². The van der Waals surface area contributed by atoms with E-state index in [9.17, 15) is 18.0 Å². The Morgan fingerprint density at radius 3 is 2.37 bits per heavy atom. The minimum Gasteiger partial charge on any atom is -0.438 e. The maximum atomic E-state index is 13.6. The van der Waals surface area contributed by atoms with Crippen LogP contribution >= 0.6 is 0 Å². The Hall–Kier alpha value is -3.61. The third kappa shape index (κ3) is 5.24.